The van der Waals surface area contributed by atoms with E-state index in [4.69, 9.17) is 5.73 Å². The zero-order valence-electron chi connectivity index (χ0n) is 31.6. The molecule has 0 saturated carbocycles. The van der Waals surface area contributed by atoms with Crippen LogP contribution in [0, 0.1) is 5.92 Å². The standard InChI is InChI=1S/C44H83N.ClH/c1-3-5-7-9-11-13-15-17-19-21-23-25-27-29-31-34-38-42(44(45)43-40-36-33-37-41-43)39-35-32-30-28-26-24-22-20-18-16-14-12-10-8-6-4-2;/h33,36-37,40-42,44H,3-32,34-35,38-39,45H2,1-2H3;1H. The summed E-state index contributed by atoms with van der Waals surface area (Å²) in [5.74, 6) is 0.644. The fourth-order valence-corrected chi connectivity index (χ4v) is 7.36. The number of halogens is 1. The van der Waals surface area contributed by atoms with Crippen LogP contribution in [0.15, 0.2) is 30.3 Å². The maximum absolute atomic E-state index is 6.87. The van der Waals surface area contributed by atoms with Gasteiger partial charge in [-0.3, -0.25) is 0 Å². The van der Waals surface area contributed by atoms with E-state index in [1.807, 2.05) is 0 Å². The molecule has 0 bridgehead atoms. The lowest BCUT2D eigenvalue weighted by atomic mass is 9.85. The first kappa shape index (κ1) is 45.5. The molecule has 1 atom stereocenters. The van der Waals surface area contributed by atoms with Gasteiger partial charge in [-0.25, -0.2) is 0 Å². The van der Waals surface area contributed by atoms with Crippen molar-refractivity contribution in [2.24, 2.45) is 11.7 Å². The Morgan fingerprint density at radius 3 is 0.870 bits per heavy atom. The van der Waals surface area contributed by atoms with E-state index in [0.29, 0.717) is 5.92 Å². The minimum atomic E-state index is 0. The highest BCUT2D eigenvalue weighted by Gasteiger charge is 2.18. The number of nitrogens with two attached hydrogens (primary N) is 1. The number of rotatable bonds is 36. The number of hydrogen-bond donors (Lipinski definition) is 1. The molecule has 0 fully saturated rings. The molecule has 0 aliphatic heterocycles. The summed E-state index contributed by atoms with van der Waals surface area (Å²) < 4.78 is 0. The zero-order valence-corrected chi connectivity index (χ0v) is 32.4. The van der Waals surface area contributed by atoms with E-state index in [9.17, 15) is 0 Å². The number of unbranched alkanes of at least 4 members (excludes halogenated alkanes) is 30. The molecule has 1 nitrogen and oxygen atoms in total. The van der Waals surface area contributed by atoms with Gasteiger partial charge in [0.05, 0.1) is 0 Å². The molecular formula is C44H84ClN. The first-order chi connectivity index (χ1) is 22.3. The molecule has 0 spiro atoms. The number of benzene rings is 1. The Morgan fingerprint density at radius 1 is 0.370 bits per heavy atom. The van der Waals surface area contributed by atoms with Crippen molar-refractivity contribution in [3.63, 3.8) is 0 Å². The van der Waals surface area contributed by atoms with Gasteiger partial charge < -0.3 is 5.73 Å². The molecule has 0 aliphatic carbocycles. The van der Waals surface area contributed by atoms with Crippen molar-refractivity contribution in [1.82, 2.24) is 0 Å². The largest absolute Gasteiger partial charge is 0.324 e. The summed E-state index contributed by atoms with van der Waals surface area (Å²) in [4.78, 5) is 0. The van der Waals surface area contributed by atoms with Gasteiger partial charge in [0.25, 0.3) is 0 Å². The summed E-state index contributed by atoms with van der Waals surface area (Å²) in [7, 11) is 0. The van der Waals surface area contributed by atoms with Gasteiger partial charge >= 0.3 is 0 Å². The van der Waals surface area contributed by atoms with Crippen molar-refractivity contribution in [2.75, 3.05) is 0 Å². The SMILES string of the molecule is CCCCCCCCCCCCCCCCCCC(CCCCCCCCCCCCCCCCCC)C(N)c1ccccc1.Cl. The van der Waals surface area contributed by atoms with Crippen LogP contribution in [0.5, 0.6) is 0 Å². The Kier molecular flexibility index (Phi) is 36.9. The van der Waals surface area contributed by atoms with E-state index in [1.54, 1.807) is 0 Å². The van der Waals surface area contributed by atoms with E-state index in [0.717, 1.165) is 0 Å². The second-order valence-electron chi connectivity index (χ2n) is 14.9. The molecule has 0 amide bonds. The van der Waals surface area contributed by atoms with Crippen LogP contribution < -0.4 is 5.73 Å². The van der Waals surface area contributed by atoms with Crippen molar-refractivity contribution in [3.8, 4) is 0 Å². The van der Waals surface area contributed by atoms with Gasteiger partial charge in [0.15, 0.2) is 0 Å². The Balaban J connectivity index is 0.0000202. The average molecular weight is 663 g/mol. The van der Waals surface area contributed by atoms with Crippen LogP contribution in [0.25, 0.3) is 0 Å². The molecule has 46 heavy (non-hydrogen) atoms. The van der Waals surface area contributed by atoms with Crippen molar-refractivity contribution < 1.29 is 0 Å². The Bertz CT molecular complexity index is 640. The molecule has 1 aromatic rings. The molecule has 1 aromatic carbocycles. The summed E-state index contributed by atoms with van der Waals surface area (Å²) >= 11 is 0. The van der Waals surface area contributed by atoms with Crippen LogP contribution in [0.1, 0.15) is 244 Å². The lowest BCUT2D eigenvalue weighted by Gasteiger charge is -2.24. The van der Waals surface area contributed by atoms with Crippen LogP contribution in [0.3, 0.4) is 0 Å². The average Bonchev–Trinajstić information content (AvgIpc) is 3.07. The monoisotopic (exact) mass is 662 g/mol. The van der Waals surface area contributed by atoms with Crippen molar-refractivity contribution in [3.05, 3.63) is 35.9 Å². The predicted molar refractivity (Wildman–Crippen MR) is 212 cm³/mol. The Hall–Kier alpha value is -0.530. The first-order valence-corrected chi connectivity index (χ1v) is 21.1. The molecule has 2 N–H and O–H groups in total. The summed E-state index contributed by atoms with van der Waals surface area (Å²) in [5.41, 5.74) is 8.22. The zero-order chi connectivity index (χ0) is 32.3. The second-order valence-corrected chi connectivity index (χ2v) is 14.9. The van der Waals surface area contributed by atoms with Crippen LogP contribution in [0.4, 0.5) is 0 Å². The van der Waals surface area contributed by atoms with Crippen LogP contribution >= 0.6 is 12.4 Å². The van der Waals surface area contributed by atoms with E-state index < -0.39 is 0 Å². The van der Waals surface area contributed by atoms with Gasteiger partial charge in [0.2, 0.25) is 0 Å². The van der Waals surface area contributed by atoms with Crippen LogP contribution in [-0.2, 0) is 0 Å². The highest BCUT2D eigenvalue weighted by molar-refractivity contribution is 5.85. The molecule has 2 heteroatoms. The molecular weight excluding hydrogens is 578 g/mol. The normalized spacial score (nSPS) is 12.1. The summed E-state index contributed by atoms with van der Waals surface area (Å²) in [6.07, 6.45) is 48.7. The van der Waals surface area contributed by atoms with E-state index >= 15 is 0 Å². The smallest absolute Gasteiger partial charge is 0.0323 e. The minimum Gasteiger partial charge on any atom is -0.324 e. The van der Waals surface area contributed by atoms with Gasteiger partial charge in [-0.2, -0.15) is 0 Å². The fraction of sp³-hybridized carbons (Fsp3) is 0.864. The van der Waals surface area contributed by atoms with E-state index in [2.05, 4.69) is 44.2 Å². The summed E-state index contributed by atoms with van der Waals surface area (Å²) in [6.45, 7) is 4.61. The summed E-state index contributed by atoms with van der Waals surface area (Å²) in [6, 6.07) is 11.2. The Labute approximate surface area is 297 Å². The van der Waals surface area contributed by atoms with Crippen molar-refractivity contribution >= 4 is 12.4 Å². The van der Waals surface area contributed by atoms with Crippen molar-refractivity contribution in [2.45, 2.75) is 238 Å². The van der Waals surface area contributed by atoms with Crippen molar-refractivity contribution in [1.29, 1.82) is 0 Å². The van der Waals surface area contributed by atoms with Gasteiger partial charge in [-0.15, -0.1) is 12.4 Å². The highest BCUT2D eigenvalue weighted by Crippen LogP contribution is 2.30. The molecule has 1 unspecified atom stereocenters. The second kappa shape index (κ2) is 37.3. The topological polar surface area (TPSA) is 26.0 Å². The third kappa shape index (κ3) is 29.6. The first-order valence-electron chi connectivity index (χ1n) is 21.1. The molecule has 0 aliphatic rings. The number of hydrogen-bond acceptors (Lipinski definition) is 1. The van der Waals surface area contributed by atoms with E-state index in [-0.39, 0.29) is 18.4 Å². The third-order valence-corrected chi connectivity index (χ3v) is 10.5. The van der Waals surface area contributed by atoms with Gasteiger partial charge in [-0.1, -0.05) is 250 Å². The molecule has 1 rings (SSSR count). The molecule has 0 aromatic heterocycles. The predicted octanol–water partition coefficient (Wildman–Crippen LogP) is 16.0. The summed E-state index contributed by atoms with van der Waals surface area (Å²) in [5, 5.41) is 0. The van der Waals surface area contributed by atoms with Gasteiger partial charge in [0, 0.05) is 6.04 Å². The fourth-order valence-electron chi connectivity index (χ4n) is 7.36. The minimum absolute atomic E-state index is 0. The maximum atomic E-state index is 6.87. The van der Waals surface area contributed by atoms with Crippen LogP contribution in [-0.4, -0.2) is 0 Å². The third-order valence-electron chi connectivity index (χ3n) is 10.5. The van der Waals surface area contributed by atoms with Gasteiger partial charge in [-0.05, 0) is 24.3 Å². The lowest BCUT2D eigenvalue weighted by molar-refractivity contribution is 0.345. The van der Waals surface area contributed by atoms with Crippen LogP contribution in [0.2, 0.25) is 0 Å². The maximum Gasteiger partial charge on any atom is 0.0323 e. The molecule has 0 heterocycles. The quantitative estimate of drug-likeness (QED) is 0.0711. The molecule has 272 valence electrons. The Morgan fingerprint density at radius 2 is 0.609 bits per heavy atom. The van der Waals surface area contributed by atoms with Gasteiger partial charge in [0.1, 0.15) is 0 Å². The lowest BCUT2D eigenvalue weighted by Crippen LogP contribution is -2.21. The highest BCUT2D eigenvalue weighted by atomic mass is 35.5. The van der Waals surface area contributed by atoms with E-state index in [1.165, 1.54) is 224 Å². The molecule has 0 radical (unpaired) electrons. The molecule has 0 saturated heterocycles.